The van der Waals surface area contributed by atoms with Gasteiger partial charge < -0.3 is 0 Å². The smallest absolute Gasteiger partial charge is 0.289 e. The van der Waals surface area contributed by atoms with Crippen molar-refractivity contribution in [3.63, 3.8) is 0 Å². The predicted octanol–water partition coefficient (Wildman–Crippen LogP) is 3.78. The average Bonchev–Trinajstić information content (AvgIpc) is 2.17. The minimum Gasteiger partial charge on any atom is -0.289 e. The number of rotatable bonds is 2. The van der Waals surface area contributed by atoms with Crippen LogP contribution < -0.4 is 0 Å². The van der Waals surface area contributed by atoms with Crippen molar-refractivity contribution in [2.45, 2.75) is 6.18 Å². The quantitative estimate of drug-likeness (QED) is 0.445. The van der Waals surface area contributed by atoms with Crippen LogP contribution in [0.3, 0.4) is 0 Å². The molecule has 6 heteroatoms. The third kappa shape index (κ3) is 3.34. The fraction of sp³-hybridized carbons (Fsp3) is 0.100. The van der Waals surface area contributed by atoms with Crippen molar-refractivity contribution in [1.29, 1.82) is 0 Å². The summed E-state index contributed by atoms with van der Waals surface area (Å²) in [5, 5.41) is -0.314. The lowest BCUT2D eigenvalue weighted by molar-refractivity contribution is -0.0799. The lowest BCUT2D eigenvalue weighted by atomic mass is 10.1. The maximum atomic E-state index is 13.2. The second kappa shape index (κ2) is 4.65. The molecule has 0 saturated carbocycles. The Balaban J connectivity index is 2.98. The molecule has 0 spiro atoms. The third-order valence-corrected chi connectivity index (χ3v) is 1.93. The summed E-state index contributed by atoms with van der Waals surface area (Å²) in [5.41, 5.74) is -0.493. The van der Waals surface area contributed by atoms with Crippen LogP contribution in [-0.2, 0) is 0 Å². The molecule has 16 heavy (non-hydrogen) atoms. The zero-order valence-electron chi connectivity index (χ0n) is 7.68. The first-order valence-corrected chi connectivity index (χ1v) is 4.43. The molecule has 0 saturated heterocycles. The van der Waals surface area contributed by atoms with E-state index in [9.17, 15) is 22.4 Å². The number of halogens is 5. The first-order valence-electron chi connectivity index (χ1n) is 4.05. The highest BCUT2D eigenvalue weighted by atomic mass is 35.5. The van der Waals surface area contributed by atoms with Crippen LogP contribution in [0.4, 0.5) is 17.6 Å². The van der Waals surface area contributed by atoms with Gasteiger partial charge in [0.15, 0.2) is 11.6 Å². The molecule has 0 atom stereocenters. The Labute approximate surface area is 93.3 Å². The van der Waals surface area contributed by atoms with E-state index < -0.39 is 23.3 Å². The molecule has 0 radical (unpaired) electrons. The highest BCUT2D eigenvalue weighted by Crippen LogP contribution is 2.20. The Bertz CT molecular complexity index is 437. The zero-order chi connectivity index (χ0) is 12.3. The Morgan fingerprint density at radius 3 is 2.50 bits per heavy atom. The van der Waals surface area contributed by atoms with Crippen LogP contribution in [0.1, 0.15) is 10.4 Å². The van der Waals surface area contributed by atoms with Crippen LogP contribution in [-0.4, -0.2) is 12.0 Å². The topological polar surface area (TPSA) is 17.1 Å². The number of ketones is 1. The Hall–Kier alpha value is -1.36. The van der Waals surface area contributed by atoms with Crippen LogP contribution in [0, 0.1) is 5.82 Å². The van der Waals surface area contributed by atoms with Gasteiger partial charge in [-0.2, -0.15) is 13.2 Å². The van der Waals surface area contributed by atoms with Gasteiger partial charge in [0.05, 0.1) is 10.6 Å². The van der Waals surface area contributed by atoms with Gasteiger partial charge in [-0.15, -0.1) is 0 Å². The number of allylic oxidation sites excluding steroid dienone is 2. The highest BCUT2D eigenvalue weighted by molar-refractivity contribution is 6.31. The summed E-state index contributed by atoms with van der Waals surface area (Å²) in [7, 11) is 0. The summed E-state index contributed by atoms with van der Waals surface area (Å²) >= 11 is 5.37. The molecule has 0 aliphatic carbocycles. The van der Waals surface area contributed by atoms with E-state index in [-0.39, 0.29) is 17.2 Å². The predicted molar refractivity (Wildman–Crippen MR) is 50.9 cm³/mol. The van der Waals surface area contributed by atoms with Crippen LogP contribution in [0.25, 0.3) is 0 Å². The number of carbonyl (C=O) groups is 1. The fourth-order valence-electron chi connectivity index (χ4n) is 0.954. The number of hydrogen-bond acceptors (Lipinski definition) is 1. The molecular weight excluding hydrogens is 248 g/mol. The Kier molecular flexibility index (Phi) is 3.70. The van der Waals surface area contributed by atoms with E-state index in [4.69, 9.17) is 11.6 Å². The summed E-state index contributed by atoms with van der Waals surface area (Å²) in [6.07, 6.45) is -4.60. The molecule has 1 rings (SSSR count). The standard InChI is InChI=1S/C10H5ClF4O/c11-7-3-1-2-6(9(7)12)8(16)4-5-10(13,14)15/h1-5H/b5-4+. The van der Waals surface area contributed by atoms with E-state index in [0.29, 0.717) is 0 Å². The van der Waals surface area contributed by atoms with Crippen molar-refractivity contribution in [3.8, 4) is 0 Å². The van der Waals surface area contributed by atoms with Gasteiger partial charge in [0.25, 0.3) is 0 Å². The van der Waals surface area contributed by atoms with Gasteiger partial charge in [-0.25, -0.2) is 4.39 Å². The Morgan fingerprint density at radius 1 is 1.31 bits per heavy atom. The van der Waals surface area contributed by atoms with Gasteiger partial charge >= 0.3 is 6.18 Å². The molecule has 0 N–H and O–H groups in total. The van der Waals surface area contributed by atoms with E-state index in [2.05, 4.69) is 0 Å². The van der Waals surface area contributed by atoms with Crippen molar-refractivity contribution in [1.82, 2.24) is 0 Å². The van der Waals surface area contributed by atoms with Crippen LogP contribution >= 0.6 is 11.6 Å². The van der Waals surface area contributed by atoms with Gasteiger partial charge in [-0.05, 0) is 18.2 Å². The van der Waals surface area contributed by atoms with E-state index in [1.54, 1.807) is 0 Å². The molecule has 1 aromatic rings. The second-order valence-corrected chi connectivity index (χ2v) is 3.25. The molecule has 86 valence electrons. The number of carbonyl (C=O) groups excluding carboxylic acids is 1. The van der Waals surface area contributed by atoms with Crippen molar-refractivity contribution in [2.75, 3.05) is 0 Å². The Morgan fingerprint density at radius 2 is 1.94 bits per heavy atom. The average molecular weight is 253 g/mol. The van der Waals surface area contributed by atoms with Gasteiger partial charge in [0.2, 0.25) is 0 Å². The molecule has 0 aromatic heterocycles. The minimum absolute atomic E-state index is 0.254. The molecule has 0 unspecified atom stereocenters. The maximum Gasteiger partial charge on any atom is 0.409 e. The molecule has 0 amide bonds. The monoisotopic (exact) mass is 252 g/mol. The summed E-state index contributed by atoms with van der Waals surface area (Å²) in [4.78, 5) is 11.2. The largest absolute Gasteiger partial charge is 0.409 e. The number of hydrogen-bond donors (Lipinski definition) is 0. The molecule has 0 heterocycles. The highest BCUT2D eigenvalue weighted by Gasteiger charge is 2.23. The van der Waals surface area contributed by atoms with Crippen molar-refractivity contribution in [2.24, 2.45) is 0 Å². The van der Waals surface area contributed by atoms with Gasteiger partial charge in [-0.1, -0.05) is 17.7 Å². The van der Waals surface area contributed by atoms with E-state index in [1.165, 1.54) is 12.1 Å². The van der Waals surface area contributed by atoms with Crippen LogP contribution in [0.2, 0.25) is 5.02 Å². The maximum absolute atomic E-state index is 13.2. The van der Waals surface area contributed by atoms with Crippen LogP contribution in [0.5, 0.6) is 0 Å². The first kappa shape index (κ1) is 12.7. The fourth-order valence-corrected chi connectivity index (χ4v) is 1.13. The third-order valence-electron chi connectivity index (χ3n) is 1.64. The number of alkyl halides is 3. The molecule has 0 bridgehead atoms. The zero-order valence-corrected chi connectivity index (χ0v) is 8.44. The molecule has 0 fully saturated rings. The molecule has 1 aromatic carbocycles. The van der Waals surface area contributed by atoms with E-state index in [0.717, 1.165) is 6.07 Å². The minimum atomic E-state index is -4.61. The van der Waals surface area contributed by atoms with Crippen molar-refractivity contribution < 1.29 is 22.4 Å². The molecule has 1 nitrogen and oxygen atoms in total. The lowest BCUT2D eigenvalue weighted by Gasteiger charge is -2.01. The van der Waals surface area contributed by atoms with Gasteiger partial charge in [-0.3, -0.25) is 4.79 Å². The van der Waals surface area contributed by atoms with Gasteiger partial charge in [0.1, 0.15) is 0 Å². The lowest BCUT2D eigenvalue weighted by Crippen LogP contribution is -2.05. The summed E-state index contributed by atoms with van der Waals surface area (Å²) in [5.74, 6) is -2.11. The molecule has 0 aliphatic heterocycles. The van der Waals surface area contributed by atoms with E-state index in [1.807, 2.05) is 0 Å². The first-order chi connectivity index (χ1) is 7.31. The SMILES string of the molecule is O=C(/C=C/C(F)(F)F)c1cccc(Cl)c1F. The normalized spacial score (nSPS) is 12.1. The molecule has 0 aliphatic rings. The summed E-state index contributed by atoms with van der Waals surface area (Å²) < 4.78 is 48.5. The molecular formula is C10H5ClF4O. The second-order valence-electron chi connectivity index (χ2n) is 2.84. The van der Waals surface area contributed by atoms with Gasteiger partial charge in [0, 0.05) is 6.08 Å². The van der Waals surface area contributed by atoms with Crippen molar-refractivity contribution >= 4 is 17.4 Å². The summed E-state index contributed by atoms with van der Waals surface area (Å²) in [6, 6.07) is 3.53. The van der Waals surface area contributed by atoms with E-state index >= 15 is 0 Å². The van der Waals surface area contributed by atoms with Crippen molar-refractivity contribution in [3.05, 3.63) is 46.8 Å². The summed E-state index contributed by atoms with van der Waals surface area (Å²) in [6.45, 7) is 0. The number of benzene rings is 1. The van der Waals surface area contributed by atoms with Crippen LogP contribution in [0.15, 0.2) is 30.4 Å².